The van der Waals surface area contributed by atoms with Crippen molar-refractivity contribution in [3.63, 3.8) is 0 Å². The van der Waals surface area contributed by atoms with Crippen LogP contribution in [0.2, 0.25) is 0 Å². The van der Waals surface area contributed by atoms with Crippen molar-refractivity contribution in [3.8, 4) is 17.2 Å². The Morgan fingerprint density at radius 1 is 0.848 bits per heavy atom. The van der Waals surface area contributed by atoms with Gasteiger partial charge in [-0.25, -0.2) is 4.79 Å². The van der Waals surface area contributed by atoms with Gasteiger partial charge in [0.15, 0.2) is 6.10 Å². The zero-order valence-corrected chi connectivity index (χ0v) is 19.5. The van der Waals surface area contributed by atoms with Crippen LogP contribution in [0.15, 0.2) is 72.8 Å². The van der Waals surface area contributed by atoms with Gasteiger partial charge in [-0.3, -0.25) is 4.79 Å². The molecular formula is C27H29NO5. The molecule has 3 aromatic rings. The fraction of sp³-hybridized carbons (Fsp3) is 0.259. The molecule has 1 amide bonds. The molecule has 0 spiro atoms. The van der Waals surface area contributed by atoms with Gasteiger partial charge in [0.2, 0.25) is 0 Å². The van der Waals surface area contributed by atoms with Crippen LogP contribution in [-0.2, 0) is 10.2 Å². The average Bonchev–Trinajstić information content (AvgIpc) is 2.79. The summed E-state index contributed by atoms with van der Waals surface area (Å²) in [6.07, 6.45) is -0.799. The summed E-state index contributed by atoms with van der Waals surface area (Å²) in [6.45, 7) is 7.91. The molecule has 0 aromatic heterocycles. The Morgan fingerprint density at radius 3 is 2.06 bits per heavy atom. The summed E-state index contributed by atoms with van der Waals surface area (Å²) in [5, 5.41) is 2.81. The minimum Gasteiger partial charge on any atom is -0.497 e. The zero-order valence-electron chi connectivity index (χ0n) is 19.5. The minimum absolute atomic E-state index is 0.123. The summed E-state index contributed by atoms with van der Waals surface area (Å²) in [7, 11) is 1.58. The molecule has 0 aliphatic heterocycles. The number of esters is 1. The van der Waals surface area contributed by atoms with Gasteiger partial charge in [0.05, 0.1) is 7.11 Å². The molecule has 0 saturated heterocycles. The Bertz CT molecular complexity index is 1100. The molecule has 0 aliphatic rings. The van der Waals surface area contributed by atoms with E-state index < -0.39 is 12.1 Å². The first-order chi connectivity index (χ1) is 15.7. The van der Waals surface area contributed by atoms with Crippen LogP contribution in [0.4, 0.5) is 5.69 Å². The van der Waals surface area contributed by atoms with Crippen LogP contribution in [0.5, 0.6) is 17.2 Å². The number of nitrogens with one attached hydrogen (secondary N) is 1. The second-order valence-corrected chi connectivity index (χ2v) is 8.63. The minimum atomic E-state index is -0.799. The zero-order chi connectivity index (χ0) is 24.0. The monoisotopic (exact) mass is 447 g/mol. The largest absolute Gasteiger partial charge is 0.497 e. The van der Waals surface area contributed by atoms with Gasteiger partial charge in [-0.05, 0) is 72.5 Å². The van der Waals surface area contributed by atoms with E-state index in [1.807, 2.05) is 24.3 Å². The van der Waals surface area contributed by atoms with Crippen LogP contribution in [0, 0.1) is 0 Å². The fourth-order valence-electron chi connectivity index (χ4n) is 3.18. The van der Waals surface area contributed by atoms with Crippen LogP contribution in [-0.4, -0.2) is 25.1 Å². The second-order valence-electron chi connectivity index (χ2n) is 8.63. The van der Waals surface area contributed by atoms with Crippen molar-refractivity contribution in [1.82, 2.24) is 0 Å². The number of ether oxygens (including phenoxy) is 3. The highest BCUT2D eigenvalue weighted by Gasteiger charge is 2.23. The number of benzene rings is 3. The van der Waals surface area contributed by atoms with Gasteiger partial charge in [0.1, 0.15) is 17.2 Å². The van der Waals surface area contributed by atoms with E-state index in [-0.39, 0.29) is 11.3 Å². The summed E-state index contributed by atoms with van der Waals surface area (Å²) in [5.74, 6) is 0.905. The number of methoxy groups -OCH3 is 1. The van der Waals surface area contributed by atoms with Crippen LogP contribution in [0.1, 0.15) is 43.6 Å². The number of para-hydroxylation sites is 1. The molecule has 6 nitrogen and oxygen atoms in total. The smallest absolute Gasteiger partial charge is 0.352 e. The summed E-state index contributed by atoms with van der Waals surface area (Å²) in [6, 6.07) is 21.1. The summed E-state index contributed by atoms with van der Waals surface area (Å²) in [5.41, 5.74) is 1.98. The number of hydrogen-bond acceptors (Lipinski definition) is 5. The Balaban J connectivity index is 1.60. The molecule has 0 heterocycles. The Morgan fingerprint density at radius 2 is 1.45 bits per heavy atom. The maximum absolute atomic E-state index is 12.6. The van der Waals surface area contributed by atoms with Gasteiger partial charge in [-0.15, -0.1) is 0 Å². The molecule has 0 aliphatic carbocycles. The quantitative estimate of drug-likeness (QED) is 0.376. The summed E-state index contributed by atoms with van der Waals surface area (Å²) >= 11 is 0. The van der Waals surface area contributed by atoms with Gasteiger partial charge in [-0.2, -0.15) is 0 Å². The van der Waals surface area contributed by atoms with E-state index in [2.05, 4.69) is 26.1 Å². The van der Waals surface area contributed by atoms with Gasteiger partial charge in [-0.1, -0.05) is 39.0 Å². The second kappa shape index (κ2) is 10.2. The average molecular weight is 448 g/mol. The van der Waals surface area contributed by atoms with Crippen LogP contribution < -0.4 is 19.5 Å². The lowest BCUT2D eigenvalue weighted by atomic mass is 9.86. The van der Waals surface area contributed by atoms with Crippen molar-refractivity contribution in [2.75, 3.05) is 12.4 Å². The van der Waals surface area contributed by atoms with E-state index >= 15 is 0 Å². The van der Waals surface area contributed by atoms with E-state index in [4.69, 9.17) is 14.2 Å². The van der Waals surface area contributed by atoms with Gasteiger partial charge in [0.25, 0.3) is 5.91 Å². The number of amides is 1. The highest BCUT2D eigenvalue weighted by molar-refractivity contribution is 6.04. The molecule has 1 unspecified atom stereocenters. The SMILES string of the molecule is COc1ccc(NC(=O)c2ccc(OC(=O)C(C)Oc3ccccc3C(C)(C)C)cc2)cc1. The predicted molar refractivity (Wildman–Crippen MR) is 128 cm³/mol. The first kappa shape index (κ1) is 23.9. The van der Waals surface area contributed by atoms with Crippen molar-refractivity contribution < 1.29 is 23.8 Å². The lowest BCUT2D eigenvalue weighted by Crippen LogP contribution is -2.29. The van der Waals surface area contributed by atoms with Crippen molar-refractivity contribution in [2.45, 2.75) is 39.2 Å². The van der Waals surface area contributed by atoms with Crippen molar-refractivity contribution in [3.05, 3.63) is 83.9 Å². The predicted octanol–water partition coefficient (Wildman–Crippen LogP) is 5.62. The molecule has 1 atom stereocenters. The first-order valence-corrected chi connectivity index (χ1v) is 10.7. The molecule has 3 rings (SSSR count). The van der Waals surface area contributed by atoms with E-state index in [9.17, 15) is 9.59 Å². The van der Waals surface area contributed by atoms with Gasteiger partial charge in [0, 0.05) is 11.3 Å². The standard InChI is InChI=1S/C27H29NO5/c1-18(32-24-9-7-6-8-23(24)27(2,3)4)26(30)33-22-14-10-19(11-15-22)25(29)28-20-12-16-21(31-5)17-13-20/h6-18H,1-5H3,(H,28,29). The van der Waals surface area contributed by atoms with Crippen LogP contribution in [0.25, 0.3) is 0 Å². The molecule has 172 valence electrons. The van der Waals surface area contributed by atoms with E-state index in [0.717, 1.165) is 5.56 Å². The molecule has 0 bridgehead atoms. The number of carbonyl (C=O) groups is 2. The van der Waals surface area contributed by atoms with Crippen molar-refractivity contribution >= 4 is 17.6 Å². The van der Waals surface area contributed by atoms with Crippen molar-refractivity contribution in [1.29, 1.82) is 0 Å². The normalized spacial score (nSPS) is 11.9. The molecule has 6 heteroatoms. The Kier molecular flexibility index (Phi) is 7.38. The molecule has 33 heavy (non-hydrogen) atoms. The molecule has 3 aromatic carbocycles. The van der Waals surface area contributed by atoms with Gasteiger partial charge >= 0.3 is 5.97 Å². The first-order valence-electron chi connectivity index (χ1n) is 10.7. The van der Waals surface area contributed by atoms with Crippen molar-refractivity contribution in [2.24, 2.45) is 0 Å². The third kappa shape index (κ3) is 6.35. The summed E-state index contributed by atoms with van der Waals surface area (Å²) < 4.78 is 16.5. The maximum atomic E-state index is 12.6. The van der Waals surface area contributed by atoms with Crippen LogP contribution >= 0.6 is 0 Å². The summed E-state index contributed by atoms with van der Waals surface area (Å²) in [4.78, 5) is 25.0. The Labute approximate surface area is 194 Å². The lowest BCUT2D eigenvalue weighted by molar-refractivity contribution is -0.141. The van der Waals surface area contributed by atoms with E-state index in [1.54, 1.807) is 62.6 Å². The maximum Gasteiger partial charge on any atom is 0.352 e. The molecular weight excluding hydrogens is 418 g/mol. The molecule has 0 fully saturated rings. The van der Waals surface area contributed by atoms with E-state index in [1.165, 1.54) is 0 Å². The number of anilines is 1. The molecule has 0 saturated carbocycles. The molecule has 1 N–H and O–H groups in total. The number of carbonyl (C=O) groups excluding carboxylic acids is 2. The number of hydrogen-bond donors (Lipinski definition) is 1. The van der Waals surface area contributed by atoms with E-state index in [0.29, 0.717) is 28.5 Å². The number of rotatable bonds is 7. The Hall–Kier alpha value is -3.80. The molecule has 0 radical (unpaired) electrons. The highest BCUT2D eigenvalue weighted by atomic mass is 16.6. The fourth-order valence-corrected chi connectivity index (χ4v) is 3.18. The third-order valence-corrected chi connectivity index (χ3v) is 5.01. The topological polar surface area (TPSA) is 73.9 Å². The van der Waals surface area contributed by atoms with Gasteiger partial charge < -0.3 is 19.5 Å². The third-order valence-electron chi connectivity index (χ3n) is 5.01. The van der Waals surface area contributed by atoms with Crippen LogP contribution in [0.3, 0.4) is 0 Å². The highest BCUT2D eigenvalue weighted by Crippen LogP contribution is 2.31. The lowest BCUT2D eigenvalue weighted by Gasteiger charge is -2.24.